The van der Waals surface area contributed by atoms with E-state index in [0.717, 1.165) is 11.6 Å². The fraction of sp³-hybridized carbons (Fsp3) is 0.200. The lowest BCUT2D eigenvalue weighted by molar-refractivity contribution is 1.02. The molecule has 0 aliphatic carbocycles. The lowest BCUT2D eigenvalue weighted by atomic mass is 10.1. The first-order chi connectivity index (χ1) is 5.77. The Morgan fingerprint density at radius 3 is 2.92 bits per heavy atom. The van der Waals surface area contributed by atoms with Crippen molar-refractivity contribution >= 4 is 47.3 Å². The summed E-state index contributed by atoms with van der Waals surface area (Å²) in [5.74, 6) is 0. The molecule has 0 fully saturated rings. The van der Waals surface area contributed by atoms with Crippen molar-refractivity contribution in [3.05, 3.63) is 34.9 Å². The molecule has 1 aromatic carbocycles. The molecule has 2 rings (SSSR count). The highest BCUT2D eigenvalue weighted by Crippen LogP contribution is 2.27. The van der Waals surface area contributed by atoms with Crippen LogP contribution < -0.4 is 4.90 Å². The molecular formula is C10H11ClIN. The molecule has 0 atom stereocenters. The van der Waals surface area contributed by atoms with Crippen molar-refractivity contribution in [3.63, 3.8) is 0 Å². The third-order valence-corrected chi connectivity index (χ3v) is 2.31. The Kier molecular flexibility index (Phi) is 3.62. The third-order valence-electron chi connectivity index (χ3n) is 2.08. The monoisotopic (exact) mass is 307 g/mol. The predicted octanol–water partition coefficient (Wildman–Crippen LogP) is 3.42. The first-order valence-corrected chi connectivity index (χ1v) is 4.32. The van der Waals surface area contributed by atoms with Crippen molar-refractivity contribution in [2.24, 2.45) is 0 Å². The molecule has 0 spiro atoms. The summed E-state index contributed by atoms with van der Waals surface area (Å²) >= 11 is 5.87. The highest BCUT2D eigenvalue weighted by atomic mass is 127. The molecule has 1 aromatic rings. The van der Waals surface area contributed by atoms with Gasteiger partial charge in [-0.15, -0.1) is 24.0 Å². The number of nitrogens with zero attached hydrogens (tertiary/aromatic N) is 1. The largest absolute Gasteiger partial charge is 0.370 e. The van der Waals surface area contributed by atoms with Gasteiger partial charge < -0.3 is 4.90 Å². The maximum atomic E-state index is 5.87. The Morgan fingerprint density at radius 2 is 2.15 bits per heavy atom. The molecule has 0 bridgehead atoms. The number of hydrogen-bond acceptors (Lipinski definition) is 1. The Hall–Kier alpha value is -0.220. The molecule has 13 heavy (non-hydrogen) atoms. The molecule has 0 radical (unpaired) electrons. The molecule has 1 aliphatic rings. The summed E-state index contributed by atoms with van der Waals surface area (Å²) in [6, 6.07) is 5.97. The van der Waals surface area contributed by atoms with Crippen LogP contribution in [-0.4, -0.2) is 13.6 Å². The molecule has 1 nitrogen and oxygen atoms in total. The van der Waals surface area contributed by atoms with Gasteiger partial charge >= 0.3 is 0 Å². The zero-order valence-corrected chi connectivity index (χ0v) is 10.4. The Balaban J connectivity index is 0.000000845. The highest BCUT2D eigenvalue weighted by Gasteiger charge is 2.08. The van der Waals surface area contributed by atoms with E-state index in [1.165, 1.54) is 11.3 Å². The van der Waals surface area contributed by atoms with Crippen LogP contribution in [0.5, 0.6) is 0 Å². The number of anilines is 1. The van der Waals surface area contributed by atoms with Gasteiger partial charge in [0, 0.05) is 24.3 Å². The number of rotatable bonds is 0. The number of benzene rings is 1. The van der Waals surface area contributed by atoms with Crippen LogP contribution in [0.25, 0.3) is 6.08 Å². The van der Waals surface area contributed by atoms with Crippen LogP contribution in [0, 0.1) is 0 Å². The molecule has 0 saturated carbocycles. The predicted molar refractivity (Wildman–Crippen MR) is 69.2 cm³/mol. The van der Waals surface area contributed by atoms with Crippen LogP contribution in [0.1, 0.15) is 5.56 Å². The van der Waals surface area contributed by atoms with Gasteiger partial charge in [-0.05, 0) is 23.8 Å². The van der Waals surface area contributed by atoms with Crippen LogP contribution in [0.2, 0.25) is 5.02 Å². The summed E-state index contributed by atoms with van der Waals surface area (Å²) in [6.07, 6.45) is 4.25. The van der Waals surface area contributed by atoms with Crippen LogP contribution in [-0.2, 0) is 0 Å². The van der Waals surface area contributed by atoms with Crippen molar-refractivity contribution in [2.75, 3.05) is 18.5 Å². The first kappa shape index (κ1) is 10.9. The molecular weight excluding hydrogens is 296 g/mol. The minimum absolute atomic E-state index is 0. The second kappa shape index (κ2) is 4.33. The third kappa shape index (κ3) is 2.17. The molecule has 0 unspecified atom stereocenters. The zero-order valence-electron chi connectivity index (χ0n) is 7.33. The molecule has 0 amide bonds. The van der Waals surface area contributed by atoms with E-state index in [-0.39, 0.29) is 24.0 Å². The first-order valence-electron chi connectivity index (χ1n) is 3.94. The fourth-order valence-electron chi connectivity index (χ4n) is 1.44. The zero-order chi connectivity index (χ0) is 8.55. The van der Waals surface area contributed by atoms with Crippen molar-refractivity contribution in [1.82, 2.24) is 0 Å². The van der Waals surface area contributed by atoms with Gasteiger partial charge in [0.25, 0.3) is 0 Å². The van der Waals surface area contributed by atoms with Gasteiger partial charge in [-0.1, -0.05) is 23.8 Å². The van der Waals surface area contributed by atoms with Crippen molar-refractivity contribution in [2.45, 2.75) is 0 Å². The minimum Gasteiger partial charge on any atom is -0.370 e. The van der Waals surface area contributed by atoms with E-state index in [4.69, 9.17) is 11.6 Å². The molecule has 1 aliphatic heterocycles. The van der Waals surface area contributed by atoms with E-state index in [1.807, 2.05) is 12.1 Å². The normalized spacial score (nSPS) is 13.5. The molecule has 1 heterocycles. The number of hydrogen-bond donors (Lipinski definition) is 0. The lowest BCUT2D eigenvalue weighted by Crippen LogP contribution is -2.19. The van der Waals surface area contributed by atoms with E-state index >= 15 is 0 Å². The number of likely N-dealkylation sites (N-methyl/N-ethyl adjacent to an activating group) is 1. The van der Waals surface area contributed by atoms with Gasteiger partial charge in [0.05, 0.1) is 0 Å². The Bertz CT molecular complexity index is 336. The number of fused-ring (bicyclic) bond motifs is 1. The topological polar surface area (TPSA) is 3.24 Å². The average Bonchev–Trinajstić information content (AvgIpc) is 2.04. The van der Waals surface area contributed by atoms with E-state index in [1.54, 1.807) is 0 Å². The molecule has 0 N–H and O–H groups in total. The molecule has 0 aromatic heterocycles. The van der Waals surface area contributed by atoms with Crippen molar-refractivity contribution in [1.29, 1.82) is 0 Å². The second-order valence-corrected chi connectivity index (χ2v) is 3.42. The smallest absolute Gasteiger partial charge is 0.0440 e. The standard InChI is InChI=1S/C10H10ClN.HI/c1-12-6-2-3-8-7-9(11)4-5-10(8)12;/h2-5,7H,6H2,1H3;1H. The van der Waals surface area contributed by atoms with Crippen molar-refractivity contribution in [3.8, 4) is 0 Å². The van der Waals surface area contributed by atoms with E-state index in [9.17, 15) is 0 Å². The average molecular weight is 308 g/mol. The molecule has 3 heteroatoms. The van der Waals surface area contributed by atoms with Gasteiger partial charge in [0.15, 0.2) is 0 Å². The summed E-state index contributed by atoms with van der Waals surface area (Å²) in [6.45, 7) is 0.981. The van der Waals surface area contributed by atoms with Crippen LogP contribution in [0.3, 0.4) is 0 Å². The van der Waals surface area contributed by atoms with Crippen molar-refractivity contribution < 1.29 is 0 Å². The summed E-state index contributed by atoms with van der Waals surface area (Å²) < 4.78 is 0. The summed E-state index contributed by atoms with van der Waals surface area (Å²) in [7, 11) is 2.08. The summed E-state index contributed by atoms with van der Waals surface area (Å²) in [5.41, 5.74) is 2.46. The quantitative estimate of drug-likeness (QED) is 0.664. The Morgan fingerprint density at radius 1 is 1.38 bits per heavy atom. The highest BCUT2D eigenvalue weighted by molar-refractivity contribution is 14.0. The molecule has 0 saturated heterocycles. The number of halogens is 2. The van der Waals surface area contributed by atoms with Crippen LogP contribution >= 0.6 is 35.6 Å². The maximum absolute atomic E-state index is 5.87. The second-order valence-electron chi connectivity index (χ2n) is 2.99. The van der Waals surface area contributed by atoms with E-state index < -0.39 is 0 Å². The summed E-state index contributed by atoms with van der Waals surface area (Å²) in [4.78, 5) is 2.20. The van der Waals surface area contributed by atoms with E-state index in [0.29, 0.717) is 0 Å². The van der Waals surface area contributed by atoms with Gasteiger partial charge in [-0.2, -0.15) is 0 Å². The minimum atomic E-state index is 0. The van der Waals surface area contributed by atoms with Gasteiger partial charge in [0.2, 0.25) is 0 Å². The summed E-state index contributed by atoms with van der Waals surface area (Å²) in [5, 5.41) is 0.800. The SMILES string of the molecule is CN1CC=Cc2cc(Cl)ccc21.I. The lowest BCUT2D eigenvalue weighted by Gasteiger charge is -2.23. The van der Waals surface area contributed by atoms with Crippen LogP contribution in [0.4, 0.5) is 5.69 Å². The van der Waals surface area contributed by atoms with Gasteiger partial charge in [-0.25, -0.2) is 0 Å². The Labute approximate surface area is 100 Å². The van der Waals surface area contributed by atoms with Gasteiger partial charge in [-0.3, -0.25) is 0 Å². The fourth-order valence-corrected chi connectivity index (χ4v) is 1.62. The van der Waals surface area contributed by atoms with Gasteiger partial charge in [0.1, 0.15) is 0 Å². The van der Waals surface area contributed by atoms with E-state index in [2.05, 4.69) is 30.2 Å². The molecule has 70 valence electrons. The van der Waals surface area contributed by atoms with Crippen LogP contribution in [0.15, 0.2) is 24.3 Å². The maximum Gasteiger partial charge on any atom is 0.0440 e.